The van der Waals surface area contributed by atoms with Crippen LogP contribution in [0, 0.1) is 0 Å². The summed E-state index contributed by atoms with van der Waals surface area (Å²) in [6.45, 7) is 2.15. The van der Waals surface area contributed by atoms with Crippen molar-refractivity contribution in [2.24, 2.45) is 0 Å². The molecule has 1 aliphatic carbocycles. The average molecular weight is 273 g/mol. The van der Waals surface area contributed by atoms with Gasteiger partial charge in [0.1, 0.15) is 11.4 Å². The van der Waals surface area contributed by atoms with Gasteiger partial charge >= 0.3 is 0 Å². The number of hydrogen-bond acceptors (Lipinski definition) is 0. The Morgan fingerprint density at radius 2 is 1.92 bits per heavy atom. The van der Waals surface area contributed by atoms with Gasteiger partial charge in [-0.1, -0.05) is 6.08 Å². The zero-order valence-corrected chi connectivity index (χ0v) is 9.42. The number of nitrogens with one attached hydrogen (secondary N) is 1. The van der Waals surface area contributed by atoms with E-state index in [4.69, 9.17) is 0 Å². The third-order valence-corrected chi connectivity index (χ3v) is 2.36. The van der Waals surface area contributed by atoms with E-state index in [9.17, 15) is 0 Å². The molecule has 1 aliphatic heterocycles. The SMILES string of the molecule is CC1=CC=C2C=CC=C2[NH+]1C.[I-]. The molecule has 0 spiro atoms. The van der Waals surface area contributed by atoms with Gasteiger partial charge < -0.3 is 24.0 Å². The van der Waals surface area contributed by atoms with Crippen LogP contribution >= 0.6 is 0 Å². The van der Waals surface area contributed by atoms with Crippen LogP contribution in [-0.2, 0) is 0 Å². The Bertz CT molecular complexity index is 308. The predicted molar refractivity (Wildman–Crippen MR) is 45.9 cm³/mol. The van der Waals surface area contributed by atoms with Gasteiger partial charge in [0.25, 0.3) is 0 Å². The van der Waals surface area contributed by atoms with E-state index in [2.05, 4.69) is 44.4 Å². The van der Waals surface area contributed by atoms with Crippen LogP contribution in [0.25, 0.3) is 0 Å². The van der Waals surface area contributed by atoms with Gasteiger partial charge in [0.2, 0.25) is 0 Å². The summed E-state index contributed by atoms with van der Waals surface area (Å²) in [6.07, 6.45) is 10.8. The average Bonchev–Trinajstić information content (AvgIpc) is 2.45. The van der Waals surface area contributed by atoms with E-state index in [0.717, 1.165) is 0 Å². The predicted octanol–water partition coefficient (Wildman–Crippen LogP) is -2.20. The second kappa shape index (κ2) is 3.58. The normalized spacial score (nSPS) is 25.2. The van der Waals surface area contributed by atoms with Crippen LogP contribution < -0.4 is 28.9 Å². The second-order valence-corrected chi connectivity index (χ2v) is 3.04. The molecule has 2 heteroatoms. The quantitative estimate of drug-likeness (QED) is 0.478. The fourth-order valence-electron chi connectivity index (χ4n) is 1.47. The molecule has 0 saturated carbocycles. The van der Waals surface area contributed by atoms with E-state index in [0.29, 0.717) is 0 Å². The van der Waals surface area contributed by atoms with Crippen molar-refractivity contribution >= 4 is 0 Å². The molecule has 1 atom stereocenters. The van der Waals surface area contributed by atoms with Gasteiger partial charge in [-0.05, 0) is 18.2 Å². The van der Waals surface area contributed by atoms with Crippen molar-refractivity contribution in [2.75, 3.05) is 7.05 Å². The molecule has 0 aromatic carbocycles. The van der Waals surface area contributed by atoms with E-state index >= 15 is 0 Å². The van der Waals surface area contributed by atoms with Gasteiger partial charge in [0.05, 0.1) is 7.05 Å². The maximum atomic E-state index is 2.18. The Hall–Kier alpha value is -0.350. The number of rotatable bonds is 0. The Morgan fingerprint density at radius 1 is 1.17 bits per heavy atom. The highest BCUT2D eigenvalue weighted by molar-refractivity contribution is 5.47. The topological polar surface area (TPSA) is 4.44 Å². The summed E-state index contributed by atoms with van der Waals surface area (Å²) in [6, 6.07) is 0. The maximum Gasteiger partial charge on any atom is 0.143 e. The first-order valence-electron chi connectivity index (χ1n) is 3.90. The molecule has 2 rings (SSSR count). The van der Waals surface area contributed by atoms with Gasteiger partial charge in [-0.3, -0.25) is 4.90 Å². The monoisotopic (exact) mass is 273 g/mol. The van der Waals surface area contributed by atoms with Crippen LogP contribution in [0.2, 0.25) is 0 Å². The molecule has 0 aromatic rings. The lowest BCUT2D eigenvalue weighted by Gasteiger charge is -2.18. The highest BCUT2D eigenvalue weighted by Crippen LogP contribution is 2.16. The minimum Gasteiger partial charge on any atom is -1.00 e. The lowest BCUT2D eigenvalue weighted by atomic mass is 10.1. The van der Waals surface area contributed by atoms with Crippen molar-refractivity contribution < 1.29 is 28.9 Å². The van der Waals surface area contributed by atoms with Gasteiger partial charge in [-0.25, -0.2) is 0 Å². The highest BCUT2D eigenvalue weighted by Gasteiger charge is 2.20. The highest BCUT2D eigenvalue weighted by atomic mass is 127. The molecular formula is C10H12IN. The zero-order valence-electron chi connectivity index (χ0n) is 7.26. The summed E-state index contributed by atoms with van der Waals surface area (Å²) in [7, 11) is 2.18. The summed E-state index contributed by atoms with van der Waals surface area (Å²) in [5.41, 5.74) is 4.13. The van der Waals surface area contributed by atoms with E-state index in [-0.39, 0.29) is 24.0 Å². The molecule has 0 saturated heterocycles. The molecule has 12 heavy (non-hydrogen) atoms. The van der Waals surface area contributed by atoms with Crippen molar-refractivity contribution in [1.82, 2.24) is 0 Å². The molecule has 1 N–H and O–H groups in total. The van der Waals surface area contributed by atoms with Crippen molar-refractivity contribution in [2.45, 2.75) is 6.92 Å². The van der Waals surface area contributed by atoms with Crippen LogP contribution in [0.15, 0.2) is 47.3 Å². The van der Waals surface area contributed by atoms with Gasteiger partial charge in [-0.15, -0.1) is 0 Å². The fraction of sp³-hybridized carbons (Fsp3) is 0.200. The van der Waals surface area contributed by atoms with Gasteiger partial charge in [0.15, 0.2) is 0 Å². The first-order valence-corrected chi connectivity index (χ1v) is 3.90. The van der Waals surface area contributed by atoms with Crippen LogP contribution in [0.3, 0.4) is 0 Å². The number of hydrogen-bond donors (Lipinski definition) is 1. The van der Waals surface area contributed by atoms with E-state index in [1.165, 1.54) is 21.9 Å². The Morgan fingerprint density at radius 3 is 2.67 bits per heavy atom. The Kier molecular flexibility index (Phi) is 2.90. The van der Waals surface area contributed by atoms with Crippen LogP contribution in [0.1, 0.15) is 6.92 Å². The van der Waals surface area contributed by atoms with Gasteiger partial charge in [-0.2, -0.15) is 0 Å². The molecule has 1 heterocycles. The van der Waals surface area contributed by atoms with Crippen molar-refractivity contribution in [1.29, 1.82) is 0 Å². The molecule has 0 aromatic heterocycles. The third-order valence-electron chi connectivity index (χ3n) is 2.36. The number of fused-ring (bicyclic) bond motifs is 1. The second-order valence-electron chi connectivity index (χ2n) is 3.04. The van der Waals surface area contributed by atoms with Crippen LogP contribution in [0.4, 0.5) is 0 Å². The van der Waals surface area contributed by atoms with Crippen molar-refractivity contribution in [3.05, 3.63) is 47.3 Å². The van der Waals surface area contributed by atoms with Crippen molar-refractivity contribution in [3.8, 4) is 0 Å². The van der Waals surface area contributed by atoms with E-state index < -0.39 is 0 Å². The number of quaternary nitrogens is 1. The number of allylic oxidation sites excluding steroid dienone is 6. The molecule has 0 fully saturated rings. The summed E-state index contributed by atoms with van der Waals surface area (Å²) in [5.74, 6) is 0. The number of halogens is 1. The first kappa shape index (κ1) is 9.74. The fourth-order valence-corrected chi connectivity index (χ4v) is 1.47. The molecular weight excluding hydrogens is 261 g/mol. The van der Waals surface area contributed by atoms with E-state index in [1.54, 1.807) is 0 Å². The molecule has 0 bridgehead atoms. The standard InChI is InChI=1S/C10H11N.HI/c1-8-6-7-9-4-3-5-10(9)11(8)2;/h3-7H,1-2H3;1H. The lowest BCUT2D eigenvalue weighted by Crippen LogP contribution is -3.05. The van der Waals surface area contributed by atoms with Crippen molar-refractivity contribution in [3.63, 3.8) is 0 Å². The van der Waals surface area contributed by atoms with Crippen LogP contribution in [0.5, 0.6) is 0 Å². The minimum absolute atomic E-state index is 0. The first-order chi connectivity index (χ1) is 5.29. The smallest absolute Gasteiger partial charge is 0.143 e. The molecule has 0 amide bonds. The lowest BCUT2D eigenvalue weighted by molar-refractivity contribution is -0.794. The summed E-state index contributed by atoms with van der Waals surface area (Å²) in [5, 5.41) is 0. The summed E-state index contributed by atoms with van der Waals surface area (Å²) in [4.78, 5) is 1.41. The van der Waals surface area contributed by atoms with Gasteiger partial charge in [0, 0.05) is 18.6 Å². The Labute approximate surface area is 90.2 Å². The minimum atomic E-state index is 0. The molecule has 1 nitrogen and oxygen atoms in total. The largest absolute Gasteiger partial charge is 1.00 e. The third kappa shape index (κ3) is 1.41. The summed E-state index contributed by atoms with van der Waals surface area (Å²) < 4.78 is 0. The molecule has 0 radical (unpaired) electrons. The zero-order chi connectivity index (χ0) is 7.84. The van der Waals surface area contributed by atoms with Crippen LogP contribution in [-0.4, -0.2) is 7.05 Å². The Balaban J connectivity index is 0.000000720. The summed E-state index contributed by atoms with van der Waals surface area (Å²) >= 11 is 0. The molecule has 2 aliphatic rings. The molecule has 64 valence electrons. The van der Waals surface area contributed by atoms with E-state index in [1.807, 2.05) is 0 Å². The maximum absolute atomic E-state index is 2.18. The number of likely N-dealkylation sites (N-methyl/N-ethyl adjacent to an activating group) is 1. The molecule has 1 unspecified atom stereocenters.